The third kappa shape index (κ3) is 126. The van der Waals surface area contributed by atoms with Crippen molar-refractivity contribution in [1.82, 2.24) is 30.7 Å². The molecule has 0 heterocycles. The number of unbranched alkanes of at least 4 members (excludes halogenated alkanes) is 2. The van der Waals surface area contributed by atoms with Crippen molar-refractivity contribution in [2.45, 2.75) is 52.4 Å². The highest BCUT2D eigenvalue weighted by molar-refractivity contribution is 7.90. The van der Waals surface area contributed by atoms with Crippen LogP contribution in [0.5, 0.6) is 0 Å². The van der Waals surface area contributed by atoms with E-state index in [9.17, 15) is 34.8 Å². The maximum absolute atomic E-state index is 10.6. The Morgan fingerprint density at radius 3 is 1.25 bits per heavy atom. The number of likely N-dealkylation sites (N-methyl/N-ethyl adjacent to an activating group) is 1. The number of sulfonamides is 2. The molecule has 0 radical (unpaired) electrons. The van der Waals surface area contributed by atoms with E-state index in [1.807, 2.05) is 14.1 Å². The van der Waals surface area contributed by atoms with Crippen molar-refractivity contribution in [2.24, 2.45) is 0 Å². The second kappa shape index (κ2) is 66.9. The van der Waals surface area contributed by atoms with Gasteiger partial charge in [-0.15, -0.1) is 0 Å². The molecule has 0 saturated heterocycles. The summed E-state index contributed by atoms with van der Waals surface area (Å²) in [6.07, 6.45) is 7.86. The standard InChI is InChI=1S/C6H14O2S.2C5H11NO2.C5H13NO.C5H12O2.2C4H11NO3S.C4H11NO/c1-3-4-5-6-9(2,7)8;1-6-5(7)3-4-8-2;1-5(7)6-3-4-8-2;2*1-6-4-3-5-7-2;1-8-4-3-5-9(2,6)7;1-5-9(6,7)4-3-8-2;1-5-3-4-6-2/h3-6H2,1-2H3;2*3-4H2,1-2H3,(H,6,7);6H,3-5H2,1-2H3;3-5H2,1-2H3;2*5H,3-4H2,1-2H3;5H,3-4H2,1-2H3. The second-order valence-corrected chi connectivity index (χ2v) is 18.4. The van der Waals surface area contributed by atoms with Gasteiger partial charge < -0.3 is 59.2 Å². The lowest BCUT2D eigenvalue weighted by Gasteiger charge is -1.98. The summed E-state index contributed by atoms with van der Waals surface area (Å²) in [5, 5.41) is 11.0. The fraction of sp³-hybridized carbons (Fsp3) is 0.947. The van der Waals surface area contributed by atoms with Gasteiger partial charge in [-0.25, -0.2) is 34.7 Å². The molecule has 0 unspecified atom stereocenters. The van der Waals surface area contributed by atoms with Gasteiger partial charge in [-0.05, 0) is 47.0 Å². The zero-order chi connectivity index (χ0) is 50.7. The minimum atomic E-state index is -3.06. The Hall–Kier alpha value is -1.69. The molecular weight excluding hydrogens is 893 g/mol. The van der Waals surface area contributed by atoms with Crippen LogP contribution in [-0.4, -0.2) is 225 Å². The van der Waals surface area contributed by atoms with E-state index >= 15 is 0 Å². The molecule has 0 spiro atoms. The van der Waals surface area contributed by atoms with Crippen LogP contribution in [0.2, 0.25) is 0 Å². The summed E-state index contributed by atoms with van der Waals surface area (Å²) in [7, 11) is 11.0. The van der Waals surface area contributed by atoms with Gasteiger partial charge in [0.05, 0.1) is 45.0 Å². The molecule has 0 aliphatic rings. The summed E-state index contributed by atoms with van der Waals surface area (Å²) in [6, 6.07) is 0. The molecule has 0 aliphatic carbocycles. The molecule has 0 aromatic heterocycles. The molecule has 0 saturated carbocycles. The zero-order valence-corrected chi connectivity index (χ0v) is 44.3. The lowest BCUT2D eigenvalue weighted by atomic mass is 10.3. The number of carbonyl (C=O) groups excluding carboxylic acids is 2. The van der Waals surface area contributed by atoms with Crippen molar-refractivity contribution < 1.29 is 72.7 Å². The number of methoxy groups -OCH3 is 8. The Balaban J connectivity index is -0.0000000918. The van der Waals surface area contributed by atoms with E-state index in [1.54, 1.807) is 49.7 Å². The van der Waals surface area contributed by atoms with Gasteiger partial charge in [0.25, 0.3) is 0 Å². The third-order valence-electron chi connectivity index (χ3n) is 6.18. The fourth-order valence-electron chi connectivity index (χ4n) is 2.83. The Morgan fingerprint density at radius 2 is 0.921 bits per heavy atom. The van der Waals surface area contributed by atoms with Gasteiger partial charge in [-0.3, -0.25) is 9.59 Å². The molecule has 0 aliphatic heterocycles. The molecule has 25 heteroatoms. The monoisotopic (exact) mass is 987 g/mol. The molecule has 0 bridgehead atoms. The minimum Gasteiger partial charge on any atom is -0.385 e. The molecule has 2 amide bonds. The van der Waals surface area contributed by atoms with E-state index < -0.39 is 29.9 Å². The van der Waals surface area contributed by atoms with E-state index in [-0.39, 0.29) is 24.2 Å². The first-order valence-electron chi connectivity index (χ1n) is 20.3. The van der Waals surface area contributed by atoms with Crippen LogP contribution in [0.3, 0.4) is 0 Å². The van der Waals surface area contributed by atoms with Crippen molar-refractivity contribution in [2.75, 3.05) is 188 Å². The molecule has 63 heavy (non-hydrogen) atoms. The van der Waals surface area contributed by atoms with Crippen LogP contribution in [0.4, 0.5) is 0 Å². The van der Waals surface area contributed by atoms with E-state index in [0.717, 1.165) is 77.9 Å². The number of carbonyl (C=O) groups is 2. The second-order valence-electron chi connectivity index (χ2n) is 12.3. The van der Waals surface area contributed by atoms with Crippen molar-refractivity contribution >= 4 is 41.7 Å². The summed E-state index contributed by atoms with van der Waals surface area (Å²) in [5.41, 5.74) is 0. The molecular formula is C38H94N6O16S3. The van der Waals surface area contributed by atoms with Crippen LogP contribution >= 0.6 is 0 Å². The van der Waals surface area contributed by atoms with Crippen molar-refractivity contribution in [3.05, 3.63) is 0 Å². The number of sulfone groups is 1. The lowest BCUT2D eigenvalue weighted by molar-refractivity contribution is -0.121. The van der Waals surface area contributed by atoms with Gasteiger partial charge in [0.1, 0.15) is 9.84 Å². The Morgan fingerprint density at radius 1 is 0.492 bits per heavy atom. The first-order chi connectivity index (χ1) is 29.6. The average molecular weight is 987 g/mol. The number of rotatable bonds is 29. The first kappa shape index (κ1) is 78.5. The first-order valence-corrected chi connectivity index (χ1v) is 25.9. The van der Waals surface area contributed by atoms with E-state index in [4.69, 9.17) is 18.9 Å². The quantitative estimate of drug-likeness (QED) is 0.0533. The Bertz CT molecular complexity index is 1130. The molecule has 22 nitrogen and oxygen atoms in total. The zero-order valence-electron chi connectivity index (χ0n) is 41.9. The fourth-order valence-corrected chi connectivity index (χ4v) is 4.61. The summed E-state index contributed by atoms with van der Waals surface area (Å²) in [4.78, 5) is 20.5. The normalized spacial score (nSPS) is 10.2. The number of amides is 2. The van der Waals surface area contributed by atoms with Crippen LogP contribution in [0, 0.1) is 0 Å². The van der Waals surface area contributed by atoms with Crippen LogP contribution < -0.4 is 30.7 Å². The van der Waals surface area contributed by atoms with Crippen LogP contribution in [-0.2, 0) is 77.4 Å². The number of hydrogen-bond acceptors (Lipinski definition) is 18. The highest BCUT2D eigenvalue weighted by Crippen LogP contribution is 1.96. The Labute approximate surface area is 384 Å². The number of ether oxygens (including phenoxy) is 8. The number of nitrogens with one attached hydrogen (secondary N) is 6. The van der Waals surface area contributed by atoms with E-state index in [1.165, 1.54) is 34.4 Å². The molecule has 0 atom stereocenters. The van der Waals surface area contributed by atoms with Gasteiger partial charge >= 0.3 is 0 Å². The summed E-state index contributed by atoms with van der Waals surface area (Å²) in [5.74, 6) is 0.384. The average Bonchev–Trinajstić information content (AvgIpc) is 3.22. The van der Waals surface area contributed by atoms with Gasteiger partial charge in [-0.1, -0.05) is 19.8 Å². The largest absolute Gasteiger partial charge is 0.385 e. The molecule has 0 aromatic rings. The van der Waals surface area contributed by atoms with Gasteiger partial charge in [-0.2, -0.15) is 0 Å². The predicted octanol–water partition coefficient (Wildman–Crippen LogP) is -0.113. The van der Waals surface area contributed by atoms with Crippen molar-refractivity contribution in [3.63, 3.8) is 0 Å². The van der Waals surface area contributed by atoms with Crippen LogP contribution in [0.1, 0.15) is 52.4 Å². The Kier molecular flexibility index (Phi) is 83.3. The predicted molar refractivity (Wildman–Crippen MR) is 254 cm³/mol. The molecule has 0 rings (SSSR count). The maximum Gasteiger partial charge on any atom is 0.222 e. The molecule has 6 N–H and O–H groups in total. The highest BCUT2D eigenvalue weighted by atomic mass is 32.2. The van der Waals surface area contributed by atoms with Crippen molar-refractivity contribution in [1.29, 1.82) is 0 Å². The lowest BCUT2D eigenvalue weighted by Crippen LogP contribution is -2.25. The SMILES string of the molecule is CCCCCS(C)(=O)=O.CNC(=O)CCOC.CNCCCOC.CNCCOC.CNS(=O)(=O)CCOC.COCCCOC.COCCNC(C)=O.COCCNS(C)(=O)=O. The van der Waals surface area contributed by atoms with Gasteiger partial charge in [0, 0.05) is 129 Å². The van der Waals surface area contributed by atoms with Gasteiger partial charge in [0.15, 0.2) is 0 Å². The maximum atomic E-state index is 10.6. The third-order valence-corrected chi connectivity index (χ3v) is 9.26. The topological polar surface area (TPSA) is 283 Å². The summed E-state index contributed by atoms with van der Waals surface area (Å²) >= 11 is 0. The number of hydrogen-bond donors (Lipinski definition) is 6. The molecule has 0 aromatic carbocycles. The van der Waals surface area contributed by atoms with E-state index in [2.05, 4.69) is 56.6 Å². The summed E-state index contributed by atoms with van der Waals surface area (Å²) < 4.78 is 105. The van der Waals surface area contributed by atoms with Crippen molar-refractivity contribution in [3.8, 4) is 0 Å². The molecule has 0 fully saturated rings. The van der Waals surface area contributed by atoms with E-state index in [0.29, 0.717) is 45.1 Å². The van der Waals surface area contributed by atoms with Gasteiger partial charge in [0.2, 0.25) is 31.9 Å². The minimum absolute atomic E-state index is 0.0120. The highest BCUT2D eigenvalue weighted by Gasteiger charge is 2.04. The summed E-state index contributed by atoms with van der Waals surface area (Å²) in [6.45, 7) is 11.5. The van der Waals surface area contributed by atoms with Crippen LogP contribution in [0.15, 0.2) is 0 Å². The smallest absolute Gasteiger partial charge is 0.222 e. The molecule has 390 valence electrons. The van der Waals surface area contributed by atoms with Crippen LogP contribution in [0.25, 0.3) is 0 Å².